The molecule has 4 unspecified atom stereocenters. The van der Waals surface area contributed by atoms with E-state index < -0.39 is 73.7 Å². The first kappa shape index (κ1) is 36.6. The number of carbonyl (C=O) groups excluding carboxylic acids is 4. The van der Waals surface area contributed by atoms with Gasteiger partial charge in [0, 0.05) is 30.3 Å². The Balaban J connectivity index is 0.00000107. The first-order valence-electron chi connectivity index (χ1n) is 14.4. The summed E-state index contributed by atoms with van der Waals surface area (Å²) in [4.78, 5) is 56.9. The second-order valence-electron chi connectivity index (χ2n) is 11.9. The zero-order valence-corrected chi connectivity index (χ0v) is 26.7. The minimum absolute atomic E-state index is 0.0565. The van der Waals surface area contributed by atoms with Crippen LogP contribution in [0.15, 0.2) is 34.8 Å². The third-order valence-corrected chi connectivity index (χ3v) is 8.48. The fourth-order valence-electron chi connectivity index (χ4n) is 6.69. The van der Waals surface area contributed by atoms with Gasteiger partial charge in [-0.05, 0) is 63.4 Å². The first-order chi connectivity index (χ1) is 21.2. The van der Waals surface area contributed by atoms with E-state index in [1.54, 1.807) is 20.2 Å². The second kappa shape index (κ2) is 13.1. The molecule has 0 aliphatic heterocycles. The maximum Gasteiger partial charge on any atom is 0.394 e. The highest BCUT2D eigenvalue weighted by molar-refractivity contribution is 7.79. The van der Waals surface area contributed by atoms with E-state index in [9.17, 15) is 39.6 Å². The van der Waals surface area contributed by atoms with Gasteiger partial charge in [-0.3, -0.25) is 28.3 Å². The van der Waals surface area contributed by atoms with Gasteiger partial charge in [0.05, 0.1) is 12.1 Å². The molecule has 16 nitrogen and oxygen atoms in total. The summed E-state index contributed by atoms with van der Waals surface area (Å²) < 4.78 is 31.6. The summed E-state index contributed by atoms with van der Waals surface area (Å²) in [6.45, 7) is 5.09. The molecule has 4 atom stereocenters. The van der Waals surface area contributed by atoms with Crippen LogP contribution < -0.4 is 16.4 Å². The monoisotopic (exact) mass is 668 g/mol. The molecule has 0 bridgehead atoms. The number of allylic oxidation sites excluding steroid dienone is 1. The minimum atomic E-state index is -4.67. The van der Waals surface area contributed by atoms with Crippen LogP contribution in [0.2, 0.25) is 0 Å². The van der Waals surface area contributed by atoms with E-state index in [1.807, 2.05) is 13.8 Å². The number of ketones is 3. The molecule has 0 heterocycles. The molecule has 0 fully saturated rings. The molecule has 0 saturated heterocycles. The van der Waals surface area contributed by atoms with Crippen molar-refractivity contribution in [3.05, 3.63) is 45.9 Å². The number of anilines is 1. The van der Waals surface area contributed by atoms with E-state index in [4.69, 9.17) is 29.0 Å². The van der Waals surface area contributed by atoms with Gasteiger partial charge in [-0.1, -0.05) is 13.8 Å². The van der Waals surface area contributed by atoms with Crippen LogP contribution in [0, 0.1) is 11.8 Å². The number of nitrogens with zero attached hydrogens (tertiary/aromatic N) is 2. The Morgan fingerprint density at radius 3 is 2.04 bits per heavy atom. The average molecular weight is 669 g/mol. The number of rotatable bonds is 9. The van der Waals surface area contributed by atoms with Crippen LogP contribution in [0.1, 0.15) is 49.0 Å². The van der Waals surface area contributed by atoms with Crippen molar-refractivity contribution in [1.29, 1.82) is 0 Å². The van der Waals surface area contributed by atoms with Crippen LogP contribution in [0.5, 0.6) is 5.75 Å². The molecule has 254 valence electrons. The number of nitrogens with two attached hydrogens (primary N) is 2. The van der Waals surface area contributed by atoms with Gasteiger partial charge in [-0.2, -0.15) is 8.42 Å². The standard InChI is InChI=1S/C29H38N4O8.H2O4S/c1-5-9-33(10-6-2)16-7-8-17(34)21-15(16)11-14-12-18-28(31,19(35)13-32(3)4)24(37)22(27(30)40)26(39)29(18,41)25(38)20(14)23(21)36;1-5(2,3)4/h7-8,14,18,34,37-38,41H,5-6,9-13,31H2,1-4H3,(H2,30,40);(H2,1,2,3,4). The van der Waals surface area contributed by atoms with E-state index in [0.29, 0.717) is 18.7 Å². The van der Waals surface area contributed by atoms with Crippen molar-refractivity contribution in [3.63, 3.8) is 0 Å². The highest BCUT2D eigenvalue weighted by atomic mass is 32.3. The number of aromatic hydroxyl groups is 1. The number of fused-ring (bicyclic) bond motifs is 3. The number of amides is 1. The summed E-state index contributed by atoms with van der Waals surface area (Å²) in [6.07, 6.45) is 1.50. The third-order valence-electron chi connectivity index (χ3n) is 8.48. The van der Waals surface area contributed by atoms with Crippen LogP contribution >= 0.6 is 0 Å². The number of hydrogen-bond acceptors (Lipinski definition) is 13. The number of hydrogen-bond donors (Lipinski definition) is 8. The van der Waals surface area contributed by atoms with Gasteiger partial charge in [0.2, 0.25) is 5.78 Å². The van der Waals surface area contributed by atoms with Crippen LogP contribution in [0.25, 0.3) is 0 Å². The van der Waals surface area contributed by atoms with Gasteiger partial charge in [0.1, 0.15) is 28.4 Å². The fraction of sp³-hybridized carbons (Fsp3) is 0.517. The van der Waals surface area contributed by atoms with E-state index in [-0.39, 0.29) is 36.3 Å². The summed E-state index contributed by atoms with van der Waals surface area (Å²) in [7, 11) is -1.53. The maximum atomic E-state index is 13.9. The van der Waals surface area contributed by atoms with E-state index in [2.05, 4.69) is 4.90 Å². The number of Topliss-reactive ketones (excluding diaryl/α,β-unsaturated/α-hetero) is 3. The number of carbonyl (C=O) groups is 4. The molecule has 3 aliphatic carbocycles. The van der Waals surface area contributed by atoms with E-state index in [1.165, 1.54) is 11.0 Å². The normalized spacial score (nSPS) is 25.8. The Bertz CT molecular complexity index is 1620. The lowest BCUT2D eigenvalue weighted by molar-refractivity contribution is -0.153. The van der Waals surface area contributed by atoms with Crippen LogP contribution in [0.3, 0.4) is 0 Å². The van der Waals surface area contributed by atoms with E-state index >= 15 is 0 Å². The predicted octanol–water partition coefficient (Wildman–Crippen LogP) is -0.00780. The molecule has 10 N–H and O–H groups in total. The molecule has 1 aromatic carbocycles. The summed E-state index contributed by atoms with van der Waals surface area (Å²) in [5, 5.41) is 45.2. The number of primary amides is 1. The summed E-state index contributed by atoms with van der Waals surface area (Å²) in [5.74, 6) is -9.47. The molecule has 4 rings (SSSR count). The second-order valence-corrected chi connectivity index (χ2v) is 12.8. The van der Waals surface area contributed by atoms with Crippen molar-refractivity contribution in [2.45, 2.75) is 50.7 Å². The molecule has 1 amide bonds. The first-order valence-corrected chi connectivity index (χ1v) is 15.8. The van der Waals surface area contributed by atoms with Gasteiger partial charge < -0.3 is 41.7 Å². The fourth-order valence-corrected chi connectivity index (χ4v) is 6.69. The van der Waals surface area contributed by atoms with Gasteiger partial charge in [0.15, 0.2) is 17.2 Å². The molecule has 3 aliphatic rings. The zero-order chi connectivity index (χ0) is 35.1. The van der Waals surface area contributed by atoms with Gasteiger partial charge in [-0.15, -0.1) is 0 Å². The van der Waals surface area contributed by atoms with Gasteiger partial charge in [-0.25, -0.2) is 0 Å². The molecular weight excluding hydrogens is 628 g/mol. The van der Waals surface area contributed by atoms with E-state index in [0.717, 1.165) is 18.5 Å². The maximum absolute atomic E-state index is 13.9. The summed E-state index contributed by atoms with van der Waals surface area (Å²) >= 11 is 0. The lowest BCUT2D eigenvalue weighted by atomic mass is 9.54. The van der Waals surface area contributed by atoms with Gasteiger partial charge in [0.25, 0.3) is 5.91 Å². The molecular formula is C29H40N4O12S. The molecule has 0 saturated carbocycles. The van der Waals surface area contributed by atoms with Crippen molar-refractivity contribution in [1.82, 2.24) is 4.90 Å². The Labute approximate surface area is 265 Å². The van der Waals surface area contributed by atoms with Crippen molar-refractivity contribution in [2.75, 3.05) is 38.6 Å². The molecule has 0 spiro atoms. The number of phenols is 1. The molecule has 46 heavy (non-hydrogen) atoms. The number of phenolic OH excluding ortho intramolecular Hbond substituents is 1. The zero-order valence-electron chi connectivity index (χ0n) is 25.8. The number of aliphatic hydroxyl groups is 3. The van der Waals surface area contributed by atoms with Crippen LogP contribution in [-0.2, 0) is 31.2 Å². The van der Waals surface area contributed by atoms with Crippen LogP contribution in [-0.4, -0.2) is 111 Å². The SMILES string of the molecule is CCCN(CCC)c1ccc(O)c2c1CC1CC3C(N)(C(=O)CN(C)C)C(O)=C(C(N)=O)C(=O)C3(O)C(O)=C1C2=O.O=S(=O)(O)O. The van der Waals surface area contributed by atoms with Crippen molar-refractivity contribution in [3.8, 4) is 5.75 Å². The Morgan fingerprint density at radius 2 is 1.57 bits per heavy atom. The minimum Gasteiger partial charge on any atom is -0.509 e. The highest BCUT2D eigenvalue weighted by Gasteiger charge is 2.69. The molecule has 1 aromatic rings. The number of aliphatic hydroxyl groups excluding tert-OH is 2. The Hall–Kier alpha value is -3.87. The lowest BCUT2D eigenvalue weighted by Gasteiger charge is -2.52. The largest absolute Gasteiger partial charge is 0.509 e. The number of likely N-dealkylation sites (N-methyl/N-ethyl adjacent to an activating group) is 1. The van der Waals surface area contributed by atoms with Crippen molar-refractivity contribution >= 4 is 39.3 Å². The third kappa shape index (κ3) is 6.25. The highest BCUT2D eigenvalue weighted by Crippen LogP contribution is 2.54. The number of benzene rings is 1. The van der Waals surface area contributed by atoms with Crippen molar-refractivity contribution in [2.24, 2.45) is 23.3 Å². The summed E-state index contributed by atoms with van der Waals surface area (Å²) in [5.41, 5.74) is 6.19. The Kier molecular flexibility index (Phi) is 10.4. The van der Waals surface area contributed by atoms with Gasteiger partial charge >= 0.3 is 10.4 Å². The predicted molar refractivity (Wildman–Crippen MR) is 164 cm³/mol. The Morgan fingerprint density at radius 1 is 1.02 bits per heavy atom. The topological polar surface area (TPSA) is 282 Å². The smallest absolute Gasteiger partial charge is 0.394 e. The van der Waals surface area contributed by atoms with Crippen LogP contribution in [0.4, 0.5) is 5.69 Å². The molecule has 0 aromatic heterocycles. The lowest BCUT2D eigenvalue weighted by Crippen LogP contribution is -2.72. The molecule has 17 heteroatoms. The average Bonchev–Trinajstić information content (AvgIpc) is 2.92. The quantitative estimate of drug-likeness (QED) is 0.127. The molecule has 0 radical (unpaired) electrons. The van der Waals surface area contributed by atoms with Crippen molar-refractivity contribution < 1.29 is 57.1 Å². The summed E-state index contributed by atoms with van der Waals surface area (Å²) in [6, 6.07) is 3.12.